The Kier molecular flexibility index (Phi) is 3.65. The van der Waals surface area contributed by atoms with Crippen molar-refractivity contribution < 1.29 is 0 Å². The molecule has 0 saturated carbocycles. The first-order valence-corrected chi connectivity index (χ1v) is 6.28. The van der Waals surface area contributed by atoms with Crippen LogP contribution in [0, 0.1) is 5.41 Å². The molecule has 15 heavy (non-hydrogen) atoms. The first-order valence-electron chi connectivity index (χ1n) is 6.28. The summed E-state index contributed by atoms with van der Waals surface area (Å²) in [5.74, 6) is 0. The highest BCUT2D eigenvalue weighted by atomic mass is 15.2. The van der Waals surface area contributed by atoms with E-state index >= 15 is 0 Å². The van der Waals surface area contributed by atoms with Gasteiger partial charge in [-0.25, -0.2) is 0 Å². The first kappa shape index (κ1) is 11.4. The van der Waals surface area contributed by atoms with E-state index in [0.29, 0.717) is 5.41 Å². The molecule has 1 spiro atoms. The molecular weight excluding hydrogens is 186 g/mol. The van der Waals surface area contributed by atoms with Crippen LogP contribution in [0.5, 0.6) is 0 Å². The number of nitrogens with one attached hydrogen (secondary N) is 1. The van der Waals surface area contributed by atoms with Crippen molar-refractivity contribution in [3.63, 3.8) is 0 Å². The molecule has 0 aromatic rings. The van der Waals surface area contributed by atoms with Crippen LogP contribution in [0.15, 0.2) is 0 Å². The molecule has 2 aliphatic heterocycles. The van der Waals surface area contributed by atoms with Crippen molar-refractivity contribution in [3.05, 3.63) is 0 Å². The summed E-state index contributed by atoms with van der Waals surface area (Å²) >= 11 is 0. The van der Waals surface area contributed by atoms with Gasteiger partial charge in [-0.2, -0.15) is 0 Å². The summed E-state index contributed by atoms with van der Waals surface area (Å²) in [5.41, 5.74) is 0.663. The number of hydrogen-bond acceptors (Lipinski definition) is 3. The molecule has 0 amide bonds. The van der Waals surface area contributed by atoms with E-state index in [4.69, 9.17) is 0 Å². The fourth-order valence-corrected chi connectivity index (χ4v) is 2.88. The lowest BCUT2D eigenvalue weighted by Gasteiger charge is -2.49. The van der Waals surface area contributed by atoms with Crippen LogP contribution in [0.25, 0.3) is 0 Å². The fraction of sp³-hybridized carbons (Fsp3) is 1.00. The molecule has 0 atom stereocenters. The molecule has 0 aromatic heterocycles. The average Bonchev–Trinajstić information content (AvgIpc) is 2.15. The third kappa shape index (κ3) is 2.92. The van der Waals surface area contributed by atoms with Gasteiger partial charge >= 0.3 is 0 Å². The average molecular weight is 211 g/mol. The Morgan fingerprint density at radius 3 is 2.73 bits per heavy atom. The molecule has 3 heteroatoms. The number of likely N-dealkylation sites (tertiary alicyclic amines) is 1. The van der Waals surface area contributed by atoms with Crippen molar-refractivity contribution in [2.24, 2.45) is 5.41 Å². The fourth-order valence-electron chi connectivity index (χ4n) is 2.88. The van der Waals surface area contributed by atoms with Gasteiger partial charge in [-0.05, 0) is 53.0 Å². The molecule has 0 aromatic carbocycles. The standard InChI is InChI=1S/C12H25N3/c1-14(2)6-4-8-15-7-3-5-12(11-15)9-13-10-12/h13H,3-11H2,1-2H3. The predicted octanol–water partition coefficient (Wildman–Crippen LogP) is 0.623. The van der Waals surface area contributed by atoms with Gasteiger partial charge in [-0.15, -0.1) is 0 Å². The molecule has 0 radical (unpaired) electrons. The van der Waals surface area contributed by atoms with Crippen LogP contribution in [0.1, 0.15) is 19.3 Å². The second kappa shape index (κ2) is 4.81. The quantitative estimate of drug-likeness (QED) is 0.735. The van der Waals surface area contributed by atoms with E-state index in [9.17, 15) is 0 Å². The van der Waals surface area contributed by atoms with E-state index < -0.39 is 0 Å². The van der Waals surface area contributed by atoms with E-state index in [2.05, 4.69) is 29.2 Å². The van der Waals surface area contributed by atoms with Gasteiger partial charge in [0.25, 0.3) is 0 Å². The van der Waals surface area contributed by atoms with Gasteiger partial charge in [-0.3, -0.25) is 0 Å². The second-order valence-corrected chi connectivity index (χ2v) is 5.64. The zero-order valence-corrected chi connectivity index (χ0v) is 10.3. The van der Waals surface area contributed by atoms with Crippen LogP contribution in [0.2, 0.25) is 0 Å². The van der Waals surface area contributed by atoms with Gasteiger partial charge in [-0.1, -0.05) is 0 Å². The SMILES string of the molecule is CN(C)CCCN1CCCC2(CNC2)C1. The summed E-state index contributed by atoms with van der Waals surface area (Å²) < 4.78 is 0. The first-order chi connectivity index (χ1) is 7.20. The lowest BCUT2D eigenvalue weighted by atomic mass is 9.75. The molecule has 88 valence electrons. The third-order valence-electron chi connectivity index (χ3n) is 3.82. The summed E-state index contributed by atoms with van der Waals surface area (Å²) in [4.78, 5) is 4.96. The summed E-state index contributed by atoms with van der Waals surface area (Å²) in [6, 6.07) is 0. The molecule has 3 nitrogen and oxygen atoms in total. The zero-order chi connectivity index (χ0) is 10.7. The Morgan fingerprint density at radius 1 is 1.33 bits per heavy atom. The molecule has 2 heterocycles. The summed E-state index contributed by atoms with van der Waals surface area (Å²) in [6.45, 7) is 7.71. The van der Waals surface area contributed by atoms with Crippen molar-refractivity contribution >= 4 is 0 Å². The molecule has 0 unspecified atom stereocenters. The Morgan fingerprint density at radius 2 is 2.13 bits per heavy atom. The van der Waals surface area contributed by atoms with Gasteiger partial charge in [0.1, 0.15) is 0 Å². The molecule has 1 N–H and O–H groups in total. The molecule has 2 fully saturated rings. The van der Waals surface area contributed by atoms with Gasteiger partial charge in [0.15, 0.2) is 0 Å². The van der Waals surface area contributed by atoms with Crippen LogP contribution >= 0.6 is 0 Å². The molecule has 2 rings (SSSR count). The smallest absolute Gasteiger partial charge is 0.00802 e. The van der Waals surface area contributed by atoms with Gasteiger partial charge in [0, 0.05) is 25.0 Å². The van der Waals surface area contributed by atoms with Crippen molar-refractivity contribution in [2.75, 3.05) is 53.4 Å². The van der Waals surface area contributed by atoms with Crippen molar-refractivity contribution in [1.82, 2.24) is 15.1 Å². The van der Waals surface area contributed by atoms with E-state index in [0.717, 1.165) is 0 Å². The van der Waals surface area contributed by atoms with Crippen LogP contribution in [-0.4, -0.2) is 63.2 Å². The number of nitrogens with zero attached hydrogens (tertiary/aromatic N) is 2. The minimum Gasteiger partial charge on any atom is -0.315 e. The normalized spacial score (nSPS) is 25.8. The maximum Gasteiger partial charge on any atom is 0.00802 e. The Bertz CT molecular complexity index is 199. The summed E-state index contributed by atoms with van der Waals surface area (Å²) in [6.07, 6.45) is 4.17. The van der Waals surface area contributed by atoms with E-state index in [-0.39, 0.29) is 0 Å². The van der Waals surface area contributed by atoms with Crippen molar-refractivity contribution in [3.8, 4) is 0 Å². The maximum absolute atomic E-state index is 3.43. The Balaban J connectivity index is 1.69. The van der Waals surface area contributed by atoms with Crippen molar-refractivity contribution in [2.45, 2.75) is 19.3 Å². The van der Waals surface area contributed by atoms with Crippen LogP contribution in [0.3, 0.4) is 0 Å². The van der Waals surface area contributed by atoms with Gasteiger partial charge in [0.05, 0.1) is 0 Å². The molecule has 2 saturated heterocycles. The summed E-state index contributed by atoms with van der Waals surface area (Å²) in [5, 5.41) is 3.43. The van der Waals surface area contributed by atoms with Gasteiger partial charge < -0.3 is 15.1 Å². The maximum atomic E-state index is 3.43. The largest absolute Gasteiger partial charge is 0.315 e. The van der Waals surface area contributed by atoms with Crippen LogP contribution in [-0.2, 0) is 0 Å². The zero-order valence-electron chi connectivity index (χ0n) is 10.3. The minimum absolute atomic E-state index is 0.663. The monoisotopic (exact) mass is 211 g/mol. The highest BCUT2D eigenvalue weighted by molar-refractivity contribution is 4.97. The molecule has 0 bridgehead atoms. The molecular formula is C12H25N3. The Hall–Kier alpha value is -0.120. The number of rotatable bonds is 4. The molecule has 0 aliphatic carbocycles. The van der Waals surface area contributed by atoms with Crippen LogP contribution in [0.4, 0.5) is 0 Å². The third-order valence-corrected chi connectivity index (χ3v) is 3.82. The lowest BCUT2D eigenvalue weighted by Crippen LogP contribution is -2.61. The second-order valence-electron chi connectivity index (χ2n) is 5.64. The highest BCUT2D eigenvalue weighted by Gasteiger charge is 2.40. The van der Waals surface area contributed by atoms with E-state index in [1.54, 1.807) is 0 Å². The van der Waals surface area contributed by atoms with Gasteiger partial charge in [0.2, 0.25) is 0 Å². The lowest BCUT2D eigenvalue weighted by molar-refractivity contribution is 0.0403. The van der Waals surface area contributed by atoms with Crippen molar-refractivity contribution in [1.29, 1.82) is 0 Å². The topological polar surface area (TPSA) is 18.5 Å². The number of piperidine rings is 1. The highest BCUT2D eigenvalue weighted by Crippen LogP contribution is 2.33. The summed E-state index contributed by atoms with van der Waals surface area (Å²) in [7, 11) is 4.32. The number of hydrogen-bond donors (Lipinski definition) is 1. The predicted molar refractivity (Wildman–Crippen MR) is 64.1 cm³/mol. The van der Waals surface area contributed by atoms with E-state index in [1.807, 2.05) is 0 Å². The Labute approximate surface area is 93.8 Å². The minimum atomic E-state index is 0.663. The van der Waals surface area contributed by atoms with E-state index in [1.165, 1.54) is 58.5 Å². The van der Waals surface area contributed by atoms with Crippen LogP contribution < -0.4 is 5.32 Å². The molecule has 2 aliphatic rings.